The van der Waals surface area contributed by atoms with Crippen molar-refractivity contribution in [2.75, 3.05) is 5.32 Å². The highest BCUT2D eigenvalue weighted by molar-refractivity contribution is 7.09. The molecule has 0 amide bonds. The number of hydrogen-bond acceptors (Lipinski definition) is 7. The zero-order valence-electron chi connectivity index (χ0n) is 11.7. The van der Waals surface area contributed by atoms with Crippen LogP contribution in [0.5, 0.6) is 0 Å². The average molecular weight is 303 g/mol. The average Bonchev–Trinajstić information content (AvgIpc) is 2.93. The Labute approximate surface area is 125 Å². The Morgan fingerprint density at radius 3 is 2.76 bits per heavy atom. The maximum atomic E-state index is 10.8. The van der Waals surface area contributed by atoms with Crippen LogP contribution in [0.25, 0.3) is 0 Å². The van der Waals surface area contributed by atoms with E-state index in [2.05, 4.69) is 26.6 Å². The summed E-state index contributed by atoms with van der Waals surface area (Å²) >= 11 is 1.24. The van der Waals surface area contributed by atoms with Gasteiger partial charge in [0.2, 0.25) is 0 Å². The van der Waals surface area contributed by atoms with Crippen LogP contribution in [0.2, 0.25) is 0 Å². The maximum Gasteiger partial charge on any atom is 0.355 e. The smallest absolute Gasteiger partial charge is 0.355 e. The van der Waals surface area contributed by atoms with Crippen LogP contribution in [0, 0.1) is 25.2 Å². The maximum absolute atomic E-state index is 10.8. The minimum Gasteiger partial charge on any atom is -0.476 e. The molecule has 2 aromatic heterocycles. The topological polar surface area (TPSA) is 112 Å². The first-order chi connectivity index (χ1) is 9.93. The quantitative estimate of drug-likeness (QED) is 0.891. The van der Waals surface area contributed by atoms with Gasteiger partial charge in [0.05, 0.1) is 11.7 Å². The molecule has 2 N–H and O–H groups in total. The number of aromatic nitrogens is 3. The van der Waals surface area contributed by atoms with Gasteiger partial charge in [-0.3, -0.25) is 0 Å². The molecule has 2 heterocycles. The van der Waals surface area contributed by atoms with Gasteiger partial charge in [0.15, 0.2) is 11.5 Å². The van der Waals surface area contributed by atoms with E-state index in [-0.39, 0.29) is 11.7 Å². The van der Waals surface area contributed by atoms with Crippen molar-refractivity contribution >= 4 is 23.1 Å². The van der Waals surface area contributed by atoms with E-state index in [0.29, 0.717) is 22.1 Å². The highest BCUT2D eigenvalue weighted by atomic mass is 32.1. The minimum absolute atomic E-state index is 0.00956. The number of aryl methyl sites for hydroxylation is 1. The zero-order chi connectivity index (χ0) is 15.6. The number of nitrogens with one attached hydrogen (secondary N) is 1. The van der Waals surface area contributed by atoms with E-state index in [4.69, 9.17) is 5.11 Å². The first-order valence-electron chi connectivity index (χ1n) is 6.13. The molecule has 1 unspecified atom stereocenters. The molecule has 2 aromatic rings. The molecule has 0 aromatic carbocycles. The van der Waals surface area contributed by atoms with Gasteiger partial charge >= 0.3 is 5.97 Å². The molecule has 8 heteroatoms. The number of nitriles is 1. The molecule has 0 spiro atoms. The summed E-state index contributed by atoms with van der Waals surface area (Å²) in [6, 6.07) is 1.84. The summed E-state index contributed by atoms with van der Waals surface area (Å²) in [5.74, 6) is -0.687. The Morgan fingerprint density at radius 2 is 2.19 bits per heavy atom. The van der Waals surface area contributed by atoms with Crippen molar-refractivity contribution in [1.29, 1.82) is 5.26 Å². The van der Waals surface area contributed by atoms with E-state index in [0.717, 1.165) is 5.56 Å². The lowest BCUT2D eigenvalue weighted by Crippen LogP contribution is -2.12. The molecule has 0 saturated carbocycles. The van der Waals surface area contributed by atoms with Gasteiger partial charge in [-0.05, 0) is 26.3 Å². The van der Waals surface area contributed by atoms with Crippen molar-refractivity contribution in [1.82, 2.24) is 15.2 Å². The molecular weight excluding hydrogens is 290 g/mol. The van der Waals surface area contributed by atoms with Gasteiger partial charge in [0, 0.05) is 5.38 Å². The molecule has 0 radical (unpaired) electrons. The third-order valence-electron chi connectivity index (χ3n) is 3.03. The van der Waals surface area contributed by atoms with E-state index in [9.17, 15) is 10.1 Å². The highest BCUT2D eigenvalue weighted by Gasteiger charge is 2.17. The Balaban J connectivity index is 2.27. The number of thiazole rings is 1. The summed E-state index contributed by atoms with van der Waals surface area (Å²) in [5.41, 5.74) is 1.92. The molecule has 21 heavy (non-hydrogen) atoms. The lowest BCUT2D eigenvalue weighted by molar-refractivity contribution is 0.0691. The Kier molecular flexibility index (Phi) is 4.14. The van der Waals surface area contributed by atoms with E-state index >= 15 is 0 Å². The van der Waals surface area contributed by atoms with Crippen LogP contribution in [-0.4, -0.2) is 26.3 Å². The molecule has 0 bridgehead atoms. The lowest BCUT2D eigenvalue weighted by Gasteiger charge is -2.14. The summed E-state index contributed by atoms with van der Waals surface area (Å²) in [5, 5.41) is 31.2. The SMILES string of the molecule is Cc1nnc(NC(C)c2nc(C(=O)O)cs2)c(C#N)c1C. The van der Waals surface area contributed by atoms with Gasteiger partial charge in [-0.1, -0.05) is 0 Å². The van der Waals surface area contributed by atoms with Gasteiger partial charge in [0.1, 0.15) is 16.6 Å². The van der Waals surface area contributed by atoms with Crippen LogP contribution in [0.3, 0.4) is 0 Å². The lowest BCUT2D eigenvalue weighted by atomic mass is 10.1. The fourth-order valence-corrected chi connectivity index (χ4v) is 2.50. The van der Waals surface area contributed by atoms with Crippen LogP contribution < -0.4 is 5.32 Å². The number of carboxylic acid groups (broad SMARTS) is 1. The summed E-state index contributed by atoms with van der Waals surface area (Å²) in [7, 11) is 0. The van der Waals surface area contributed by atoms with Crippen molar-refractivity contribution in [2.24, 2.45) is 0 Å². The molecule has 0 aliphatic rings. The normalized spacial score (nSPS) is 11.7. The standard InChI is InChI=1S/C13H13N5O2S/c1-6-7(2)17-18-11(9(6)4-14)15-8(3)12-16-10(5-21-12)13(19)20/h5,8H,1-3H3,(H,15,18)(H,19,20). The zero-order valence-corrected chi connectivity index (χ0v) is 12.5. The van der Waals surface area contributed by atoms with Gasteiger partial charge < -0.3 is 10.4 Å². The number of carboxylic acids is 1. The van der Waals surface area contributed by atoms with Crippen molar-refractivity contribution < 1.29 is 9.90 Å². The van der Waals surface area contributed by atoms with Crippen LogP contribution in [0.1, 0.15) is 45.3 Å². The van der Waals surface area contributed by atoms with Crippen LogP contribution in [0.15, 0.2) is 5.38 Å². The van der Waals surface area contributed by atoms with Gasteiger partial charge in [-0.2, -0.15) is 10.4 Å². The molecular formula is C13H13N5O2S. The highest BCUT2D eigenvalue weighted by Crippen LogP contribution is 2.24. The largest absolute Gasteiger partial charge is 0.476 e. The molecule has 108 valence electrons. The predicted octanol–water partition coefficient (Wildman–Crippen LogP) is 2.29. The second-order valence-corrected chi connectivity index (χ2v) is 5.38. The summed E-state index contributed by atoms with van der Waals surface area (Å²) in [4.78, 5) is 14.9. The third-order valence-corrected chi connectivity index (χ3v) is 4.06. The molecule has 0 saturated heterocycles. The second kappa shape index (κ2) is 5.85. The first-order valence-corrected chi connectivity index (χ1v) is 7.01. The number of carbonyl (C=O) groups is 1. The Bertz CT molecular complexity index is 735. The number of nitrogens with zero attached hydrogens (tertiary/aromatic N) is 4. The van der Waals surface area contributed by atoms with Crippen molar-refractivity contribution in [2.45, 2.75) is 26.8 Å². The van der Waals surface area contributed by atoms with E-state index in [1.54, 1.807) is 6.92 Å². The van der Waals surface area contributed by atoms with Gasteiger partial charge in [-0.15, -0.1) is 16.4 Å². The van der Waals surface area contributed by atoms with Crippen LogP contribution >= 0.6 is 11.3 Å². The number of hydrogen-bond donors (Lipinski definition) is 2. The molecule has 7 nitrogen and oxygen atoms in total. The number of anilines is 1. The fourth-order valence-electron chi connectivity index (χ4n) is 1.70. The van der Waals surface area contributed by atoms with Crippen molar-refractivity contribution in [3.63, 3.8) is 0 Å². The summed E-state index contributed by atoms with van der Waals surface area (Å²) in [6.45, 7) is 5.42. The first kappa shape index (κ1) is 14.9. The van der Waals surface area contributed by atoms with Crippen molar-refractivity contribution in [3.05, 3.63) is 32.9 Å². The van der Waals surface area contributed by atoms with E-state index in [1.807, 2.05) is 13.8 Å². The van der Waals surface area contributed by atoms with Gasteiger partial charge in [-0.25, -0.2) is 9.78 Å². The van der Waals surface area contributed by atoms with E-state index in [1.165, 1.54) is 16.7 Å². The third kappa shape index (κ3) is 2.98. The minimum atomic E-state index is -1.06. The molecule has 0 fully saturated rings. The van der Waals surface area contributed by atoms with Crippen molar-refractivity contribution in [3.8, 4) is 6.07 Å². The van der Waals surface area contributed by atoms with Gasteiger partial charge in [0.25, 0.3) is 0 Å². The van der Waals surface area contributed by atoms with Crippen LogP contribution in [-0.2, 0) is 0 Å². The molecule has 2 rings (SSSR count). The summed E-state index contributed by atoms with van der Waals surface area (Å²) in [6.07, 6.45) is 0. The predicted molar refractivity (Wildman–Crippen MR) is 77.3 cm³/mol. The van der Waals surface area contributed by atoms with E-state index < -0.39 is 5.97 Å². The van der Waals surface area contributed by atoms with Crippen LogP contribution in [0.4, 0.5) is 5.82 Å². The molecule has 0 aliphatic heterocycles. The number of rotatable bonds is 4. The monoisotopic (exact) mass is 303 g/mol. The summed E-state index contributed by atoms with van der Waals surface area (Å²) < 4.78 is 0. The Hall–Kier alpha value is -2.53. The second-order valence-electron chi connectivity index (χ2n) is 4.49. The molecule has 0 aliphatic carbocycles. The molecule has 1 atom stereocenters. The fraction of sp³-hybridized carbons (Fsp3) is 0.308. The Morgan fingerprint density at radius 1 is 1.48 bits per heavy atom. The number of aromatic carboxylic acids is 1.